The molecule has 0 aromatic heterocycles. The van der Waals surface area contributed by atoms with E-state index in [-0.39, 0.29) is 24.6 Å². The van der Waals surface area contributed by atoms with Crippen molar-refractivity contribution in [2.75, 3.05) is 19.7 Å². The molecule has 0 aromatic carbocycles. The second-order valence-electron chi connectivity index (χ2n) is 5.96. The van der Waals surface area contributed by atoms with E-state index >= 15 is 0 Å². The van der Waals surface area contributed by atoms with E-state index in [0.717, 1.165) is 32.2 Å². The summed E-state index contributed by atoms with van der Waals surface area (Å²) in [6.07, 6.45) is 4.65. The molecule has 1 saturated heterocycles. The minimum Gasteiger partial charge on any atom is -0.481 e. The van der Waals surface area contributed by atoms with Crippen molar-refractivity contribution in [3.63, 3.8) is 0 Å². The predicted octanol–water partition coefficient (Wildman–Crippen LogP) is 1.04. The zero-order valence-electron chi connectivity index (χ0n) is 11.8. The van der Waals surface area contributed by atoms with Crippen LogP contribution in [0.3, 0.4) is 0 Å². The van der Waals surface area contributed by atoms with Gasteiger partial charge in [-0.05, 0) is 38.0 Å². The smallest absolute Gasteiger partial charge is 0.317 e. The van der Waals surface area contributed by atoms with Crippen molar-refractivity contribution >= 4 is 12.0 Å². The monoisotopic (exact) mass is 284 g/mol. The summed E-state index contributed by atoms with van der Waals surface area (Å²) in [6.45, 7) is 1.59. The van der Waals surface area contributed by atoms with Crippen LogP contribution in [0, 0.1) is 11.8 Å². The maximum Gasteiger partial charge on any atom is 0.317 e. The molecule has 1 aliphatic heterocycles. The highest BCUT2D eigenvalue weighted by molar-refractivity contribution is 5.75. The Morgan fingerprint density at radius 3 is 2.75 bits per heavy atom. The summed E-state index contributed by atoms with van der Waals surface area (Å²) < 4.78 is 0. The highest BCUT2D eigenvalue weighted by Crippen LogP contribution is 2.25. The van der Waals surface area contributed by atoms with Crippen LogP contribution < -0.4 is 5.32 Å². The zero-order valence-corrected chi connectivity index (χ0v) is 11.8. The number of amides is 2. The highest BCUT2D eigenvalue weighted by atomic mass is 16.4. The van der Waals surface area contributed by atoms with Crippen LogP contribution >= 0.6 is 0 Å². The Hall–Kier alpha value is -1.30. The first kappa shape index (κ1) is 15.1. The second-order valence-corrected chi connectivity index (χ2v) is 5.96. The van der Waals surface area contributed by atoms with Gasteiger partial charge in [0.15, 0.2) is 0 Å². The van der Waals surface area contributed by atoms with Crippen LogP contribution in [0.1, 0.15) is 38.5 Å². The summed E-state index contributed by atoms with van der Waals surface area (Å²) in [4.78, 5) is 24.9. The fraction of sp³-hybridized carbons (Fsp3) is 0.857. The van der Waals surface area contributed by atoms with Crippen molar-refractivity contribution in [3.8, 4) is 0 Å². The summed E-state index contributed by atoms with van der Waals surface area (Å²) in [7, 11) is 0. The number of aliphatic hydroxyl groups excluding tert-OH is 1. The Balaban J connectivity index is 1.78. The Kier molecular flexibility index (Phi) is 5.23. The van der Waals surface area contributed by atoms with Gasteiger partial charge in [0, 0.05) is 25.7 Å². The Morgan fingerprint density at radius 2 is 2.05 bits per heavy atom. The molecule has 20 heavy (non-hydrogen) atoms. The number of likely N-dealkylation sites (tertiary alicyclic amines) is 1. The molecule has 2 rings (SSSR count). The van der Waals surface area contributed by atoms with E-state index in [1.54, 1.807) is 4.90 Å². The minimum absolute atomic E-state index is 0.0192. The van der Waals surface area contributed by atoms with Crippen molar-refractivity contribution in [1.82, 2.24) is 10.2 Å². The summed E-state index contributed by atoms with van der Waals surface area (Å²) >= 11 is 0. The first-order valence-corrected chi connectivity index (χ1v) is 7.49. The molecule has 6 heteroatoms. The van der Waals surface area contributed by atoms with Gasteiger partial charge in [-0.2, -0.15) is 0 Å². The average molecular weight is 284 g/mol. The van der Waals surface area contributed by atoms with E-state index in [0.29, 0.717) is 25.3 Å². The number of carboxylic acid groups (broad SMARTS) is 1. The number of carboxylic acids is 1. The van der Waals surface area contributed by atoms with Crippen molar-refractivity contribution < 1.29 is 19.8 Å². The van der Waals surface area contributed by atoms with Gasteiger partial charge in [0.05, 0.1) is 5.92 Å². The van der Waals surface area contributed by atoms with Crippen molar-refractivity contribution in [1.29, 1.82) is 0 Å². The number of hydrogen-bond acceptors (Lipinski definition) is 3. The molecule has 0 aromatic rings. The zero-order chi connectivity index (χ0) is 14.5. The van der Waals surface area contributed by atoms with Gasteiger partial charge in [-0.1, -0.05) is 6.42 Å². The van der Waals surface area contributed by atoms with Crippen LogP contribution in [0.5, 0.6) is 0 Å². The molecule has 2 fully saturated rings. The fourth-order valence-corrected chi connectivity index (χ4v) is 3.25. The lowest BCUT2D eigenvalue weighted by molar-refractivity contribution is -0.143. The molecule has 0 spiro atoms. The van der Waals surface area contributed by atoms with Crippen molar-refractivity contribution in [2.24, 2.45) is 11.8 Å². The van der Waals surface area contributed by atoms with E-state index in [4.69, 9.17) is 10.2 Å². The number of aliphatic hydroxyl groups is 1. The molecule has 3 unspecified atom stereocenters. The minimum atomic E-state index is -0.756. The molecule has 1 saturated carbocycles. The molecule has 3 N–H and O–H groups in total. The second kappa shape index (κ2) is 6.92. The molecule has 6 nitrogen and oxygen atoms in total. The molecule has 0 radical (unpaired) electrons. The third kappa shape index (κ3) is 3.85. The quantitative estimate of drug-likeness (QED) is 0.719. The topological polar surface area (TPSA) is 89.9 Å². The van der Waals surface area contributed by atoms with Crippen molar-refractivity contribution in [3.05, 3.63) is 0 Å². The first-order chi connectivity index (χ1) is 9.60. The summed E-state index contributed by atoms with van der Waals surface area (Å²) in [5, 5.41) is 20.9. The van der Waals surface area contributed by atoms with Crippen LogP contribution in [0.15, 0.2) is 0 Å². The number of carbonyl (C=O) groups excluding carboxylic acids is 1. The number of hydrogen-bond donors (Lipinski definition) is 3. The lowest BCUT2D eigenvalue weighted by Crippen LogP contribution is -2.46. The summed E-state index contributed by atoms with van der Waals surface area (Å²) in [5.41, 5.74) is 0. The molecule has 0 bridgehead atoms. The maximum atomic E-state index is 12.1. The van der Waals surface area contributed by atoms with Gasteiger partial charge >= 0.3 is 12.0 Å². The Bertz CT molecular complexity index is 361. The predicted molar refractivity (Wildman–Crippen MR) is 73.3 cm³/mol. The van der Waals surface area contributed by atoms with E-state index in [1.165, 1.54) is 0 Å². The Labute approximate surface area is 119 Å². The number of rotatable bonds is 4. The van der Waals surface area contributed by atoms with Gasteiger partial charge in [-0.3, -0.25) is 4.79 Å². The van der Waals surface area contributed by atoms with Crippen molar-refractivity contribution in [2.45, 2.75) is 44.6 Å². The highest BCUT2D eigenvalue weighted by Gasteiger charge is 2.31. The molecule has 2 amide bonds. The third-order valence-electron chi connectivity index (χ3n) is 4.46. The van der Waals surface area contributed by atoms with Gasteiger partial charge in [0.2, 0.25) is 0 Å². The normalized spacial score (nSPS) is 30.2. The van der Waals surface area contributed by atoms with Crippen LogP contribution in [-0.4, -0.2) is 52.9 Å². The number of urea groups is 1. The molecular weight excluding hydrogens is 260 g/mol. The van der Waals surface area contributed by atoms with Crippen LogP contribution in [0.25, 0.3) is 0 Å². The Morgan fingerprint density at radius 1 is 1.25 bits per heavy atom. The molecule has 3 atom stereocenters. The molecule has 2 aliphatic rings. The molecular formula is C14H24N2O4. The summed E-state index contributed by atoms with van der Waals surface area (Å²) in [6, 6.07) is -0.101. The van der Waals surface area contributed by atoms with E-state index < -0.39 is 5.97 Å². The lowest BCUT2D eigenvalue weighted by atomic mass is 9.86. The van der Waals surface area contributed by atoms with Crippen LogP contribution in [0.2, 0.25) is 0 Å². The fourth-order valence-electron chi connectivity index (χ4n) is 3.25. The number of nitrogens with one attached hydrogen (secondary N) is 1. The SMILES string of the molecule is O=C(O)C1CCCC(NC(=O)N2CCC(CCO)C2)C1. The first-order valence-electron chi connectivity index (χ1n) is 7.49. The summed E-state index contributed by atoms with van der Waals surface area (Å²) in [5.74, 6) is -0.688. The third-order valence-corrected chi connectivity index (χ3v) is 4.46. The molecule has 1 heterocycles. The standard InChI is InChI=1S/C14H24N2O4/c17-7-5-10-4-6-16(9-10)14(20)15-12-3-1-2-11(8-12)13(18)19/h10-12,17H,1-9H2,(H,15,20)(H,18,19). The number of aliphatic carboxylic acids is 1. The molecule has 1 aliphatic carbocycles. The van der Waals surface area contributed by atoms with Gasteiger partial charge in [0.25, 0.3) is 0 Å². The van der Waals surface area contributed by atoms with Crippen LogP contribution in [-0.2, 0) is 4.79 Å². The van der Waals surface area contributed by atoms with Gasteiger partial charge in [0.1, 0.15) is 0 Å². The maximum absolute atomic E-state index is 12.1. The largest absolute Gasteiger partial charge is 0.481 e. The van der Waals surface area contributed by atoms with E-state index in [9.17, 15) is 9.59 Å². The number of nitrogens with zero attached hydrogens (tertiary/aromatic N) is 1. The van der Waals surface area contributed by atoms with E-state index in [1.807, 2.05) is 0 Å². The number of carbonyl (C=O) groups is 2. The van der Waals surface area contributed by atoms with Gasteiger partial charge in [-0.15, -0.1) is 0 Å². The van der Waals surface area contributed by atoms with Gasteiger partial charge < -0.3 is 20.4 Å². The van der Waals surface area contributed by atoms with E-state index in [2.05, 4.69) is 5.32 Å². The lowest BCUT2D eigenvalue weighted by Gasteiger charge is -2.29. The average Bonchev–Trinajstić information content (AvgIpc) is 2.88. The van der Waals surface area contributed by atoms with Crippen LogP contribution in [0.4, 0.5) is 4.79 Å². The van der Waals surface area contributed by atoms with Gasteiger partial charge in [-0.25, -0.2) is 4.79 Å². The molecule has 114 valence electrons.